The number of carbonyl (C=O) groups is 2. The van der Waals surface area contributed by atoms with Gasteiger partial charge in [0.05, 0.1) is 0 Å². The molecule has 0 saturated heterocycles. The third-order valence-electron chi connectivity index (χ3n) is 8.10. The molecule has 0 radical (unpaired) electrons. The average Bonchev–Trinajstić information content (AvgIpc) is 2.92. The molecule has 0 rings (SSSR count). The number of nitrogens with zero attached hydrogens (tertiary/aromatic N) is 2. The predicted molar refractivity (Wildman–Crippen MR) is 165 cm³/mol. The molecule has 0 aromatic carbocycles. The van der Waals surface area contributed by atoms with E-state index in [0.29, 0.717) is 12.8 Å². The van der Waals surface area contributed by atoms with Crippen LogP contribution in [0.4, 0.5) is 0 Å². The Morgan fingerprint density at radius 2 is 0.619 bits per heavy atom. The summed E-state index contributed by atoms with van der Waals surface area (Å²) in [5, 5.41) is 21.9. The number of carbonyl (C=O) groups excluding carboxylic acids is 2. The fraction of sp³-hybridized carbons (Fsp3) is 0.941. The molecule has 0 aromatic heterocycles. The first-order chi connectivity index (χ1) is 19.5. The van der Waals surface area contributed by atoms with Crippen LogP contribution in [0.5, 0.6) is 0 Å². The Balaban J connectivity index is -0.00000760. The summed E-state index contributed by atoms with van der Waals surface area (Å²) in [6.45, 7) is 9.93. The number of hydrogen-bond donors (Lipinski definition) is 0. The number of unbranched alkanes of at least 4 members (excludes halogenated alkanes) is 18. The van der Waals surface area contributed by atoms with Crippen molar-refractivity contribution in [2.45, 2.75) is 168 Å². The molecule has 0 heterocycles. The molecule has 0 atom stereocenters. The molecule has 0 aliphatic rings. The topological polar surface area (TPSA) is 86.7 Å². The Kier molecular flexibility index (Phi) is 42.8. The van der Waals surface area contributed by atoms with Gasteiger partial charge in [-0.05, 0) is 64.7 Å². The summed E-state index contributed by atoms with van der Waals surface area (Å²) in [5.74, 6) is -1.94. The van der Waals surface area contributed by atoms with Crippen LogP contribution in [-0.2, 0) is 9.59 Å². The van der Waals surface area contributed by atoms with Crippen LogP contribution in [-0.4, -0.2) is 61.0 Å². The average molecular weight is 613 g/mol. The van der Waals surface area contributed by atoms with Crippen molar-refractivity contribution in [2.24, 2.45) is 0 Å². The zero-order valence-electron chi connectivity index (χ0n) is 28.7. The minimum atomic E-state index is -0.969. The fourth-order valence-electron chi connectivity index (χ4n) is 5.49. The molecular formula is C34H66N2Na2O4. The molecule has 0 N–H and O–H groups in total. The Labute approximate surface area is 305 Å². The van der Waals surface area contributed by atoms with E-state index >= 15 is 0 Å². The first-order valence-electron chi connectivity index (χ1n) is 17.3. The summed E-state index contributed by atoms with van der Waals surface area (Å²) in [7, 11) is 0. The zero-order chi connectivity index (χ0) is 29.5. The van der Waals surface area contributed by atoms with E-state index in [1.165, 1.54) is 116 Å². The van der Waals surface area contributed by atoms with Gasteiger partial charge in [0, 0.05) is 25.0 Å². The van der Waals surface area contributed by atoms with E-state index < -0.39 is 11.9 Å². The minimum absolute atomic E-state index is 0. The van der Waals surface area contributed by atoms with Gasteiger partial charge in [-0.25, -0.2) is 0 Å². The van der Waals surface area contributed by atoms with Crippen molar-refractivity contribution in [1.29, 1.82) is 0 Å². The quantitative estimate of drug-likeness (QED) is 0.0793. The molecule has 42 heavy (non-hydrogen) atoms. The van der Waals surface area contributed by atoms with E-state index in [-0.39, 0.29) is 72.0 Å². The molecule has 0 unspecified atom stereocenters. The van der Waals surface area contributed by atoms with Gasteiger partial charge in [-0.2, -0.15) is 0 Å². The fourth-order valence-corrected chi connectivity index (χ4v) is 5.49. The minimum Gasteiger partial charge on any atom is -0.550 e. The van der Waals surface area contributed by atoms with Gasteiger partial charge in [0.2, 0.25) is 0 Å². The number of carboxylic acids is 2. The second-order valence-corrected chi connectivity index (χ2v) is 12.0. The second kappa shape index (κ2) is 38.0. The van der Waals surface area contributed by atoms with E-state index in [2.05, 4.69) is 23.6 Å². The number of carboxylic acid groups (broad SMARTS) is 2. The third kappa shape index (κ3) is 37.0. The van der Waals surface area contributed by atoms with Crippen molar-refractivity contribution >= 4 is 11.9 Å². The Morgan fingerprint density at radius 1 is 0.381 bits per heavy atom. The van der Waals surface area contributed by atoms with Crippen molar-refractivity contribution in [1.82, 2.24) is 9.80 Å². The molecule has 0 spiro atoms. The zero-order valence-corrected chi connectivity index (χ0v) is 32.7. The summed E-state index contributed by atoms with van der Waals surface area (Å²) < 4.78 is 0. The van der Waals surface area contributed by atoms with Crippen LogP contribution in [0.3, 0.4) is 0 Å². The van der Waals surface area contributed by atoms with Crippen LogP contribution >= 0.6 is 0 Å². The van der Waals surface area contributed by atoms with E-state index in [1.807, 2.05) is 0 Å². The SMILES string of the molecule is CCCCCCCCCCCCN(CCCC(=O)[O-])CCN(CCCCCCCCCCCC)CCCC(=O)[O-].[Na+].[Na+]. The molecule has 0 fully saturated rings. The molecule has 0 aromatic rings. The molecule has 6 nitrogen and oxygen atoms in total. The van der Waals surface area contributed by atoms with E-state index in [1.54, 1.807) is 0 Å². The summed E-state index contributed by atoms with van der Waals surface area (Å²) in [5.41, 5.74) is 0. The third-order valence-corrected chi connectivity index (χ3v) is 8.10. The standard InChI is InChI=1S/C34H68N2O4.2Na/c1-3-5-7-9-11-13-15-17-19-21-27-35(29-23-25-33(37)38)31-32-36(30-24-26-34(39)40)28-22-20-18-16-14-12-10-8-6-4-2;;/h3-32H2,1-2H3,(H,37,38)(H,39,40);;/q;2*+1/p-2. The van der Waals surface area contributed by atoms with E-state index in [4.69, 9.17) is 0 Å². The number of aliphatic carboxylic acids is 2. The maximum Gasteiger partial charge on any atom is 1.00 e. The van der Waals surface area contributed by atoms with Crippen LogP contribution in [0, 0.1) is 0 Å². The molecule has 0 saturated carbocycles. The van der Waals surface area contributed by atoms with Crippen molar-refractivity contribution in [3.8, 4) is 0 Å². The molecule has 0 bridgehead atoms. The van der Waals surface area contributed by atoms with E-state index in [0.717, 1.165) is 52.1 Å². The maximum atomic E-state index is 10.9. The first kappa shape index (κ1) is 47.3. The summed E-state index contributed by atoms with van der Waals surface area (Å²) in [6.07, 6.45) is 27.7. The maximum absolute atomic E-state index is 10.9. The molecule has 8 heteroatoms. The van der Waals surface area contributed by atoms with Crippen LogP contribution < -0.4 is 69.3 Å². The van der Waals surface area contributed by atoms with Crippen LogP contribution in [0.25, 0.3) is 0 Å². The Hall–Kier alpha value is 0.860. The van der Waals surface area contributed by atoms with Gasteiger partial charge >= 0.3 is 59.1 Å². The van der Waals surface area contributed by atoms with Gasteiger partial charge in [-0.1, -0.05) is 129 Å². The first-order valence-corrected chi connectivity index (χ1v) is 17.3. The van der Waals surface area contributed by atoms with Crippen molar-refractivity contribution in [2.75, 3.05) is 39.3 Å². The predicted octanol–water partition coefficient (Wildman–Crippen LogP) is 0.500. The van der Waals surface area contributed by atoms with Gasteiger partial charge in [0.1, 0.15) is 0 Å². The molecule has 0 amide bonds. The molecule has 238 valence electrons. The van der Waals surface area contributed by atoms with Gasteiger partial charge < -0.3 is 29.6 Å². The van der Waals surface area contributed by atoms with Crippen molar-refractivity contribution < 1.29 is 78.9 Å². The van der Waals surface area contributed by atoms with Gasteiger partial charge in [0.15, 0.2) is 0 Å². The Bertz CT molecular complexity index is 522. The molecular weight excluding hydrogens is 546 g/mol. The molecule has 0 aliphatic heterocycles. The smallest absolute Gasteiger partial charge is 0.550 e. The van der Waals surface area contributed by atoms with Crippen molar-refractivity contribution in [3.05, 3.63) is 0 Å². The summed E-state index contributed by atoms with van der Waals surface area (Å²) >= 11 is 0. The monoisotopic (exact) mass is 612 g/mol. The van der Waals surface area contributed by atoms with Crippen LogP contribution in [0.15, 0.2) is 0 Å². The molecule has 0 aliphatic carbocycles. The van der Waals surface area contributed by atoms with Gasteiger partial charge in [0.25, 0.3) is 0 Å². The van der Waals surface area contributed by atoms with Crippen LogP contribution in [0.2, 0.25) is 0 Å². The normalized spacial score (nSPS) is 11.0. The second-order valence-electron chi connectivity index (χ2n) is 12.0. The van der Waals surface area contributed by atoms with Crippen molar-refractivity contribution in [3.63, 3.8) is 0 Å². The number of hydrogen-bond acceptors (Lipinski definition) is 6. The largest absolute Gasteiger partial charge is 1.00 e. The van der Waals surface area contributed by atoms with Gasteiger partial charge in [-0.15, -0.1) is 0 Å². The van der Waals surface area contributed by atoms with E-state index in [9.17, 15) is 19.8 Å². The summed E-state index contributed by atoms with van der Waals surface area (Å²) in [6, 6.07) is 0. The Morgan fingerprint density at radius 3 is 0.881 bits per heavy atom. The van der Waals surface area contributed by atoms with Gasteiger partial charge in [-0.3, -0.25) is 0 Å². The number of rotatable bonds is 33. The van der Waals surface area contributed by atoms with Crippen LogP contribution in [0.1, 0.15) is 168 Å². The summed E-state index contributed by atoms with van der Waals surface area (Å²) in [4.78, 5) is 26.7.